The van der Waals surface area contributed by atoms with Gasteiger partial charge in [-0.3, -0.25) is 15.0 Å². The number of aliphatic carboxylic acids is 1. The number of amidine groups is 1. The third kappa shape index (κ3) is 8.47. The van der Waals surface area contributed by atoms with E-state index >= 15 is 0 Å². The summed E-state index contributed by atoms with van der Waals surface area (Å²) in [5.41, 5.74) is 10.9. The topological polar surface area (TPSA) is 170 Å². The maximum absolute atomic E-state index is 13.3. The van der Waals surface area contributed by atoms with Gasteiger partial charge in [0, 0.05) is 48.2 Å². The average molecular weight is 548 g/mol. The number of nitrogen functional groups attached to an aromatic ring is 1. The van der Waals surface area contributed by atoms with Crippen LogP contribution in [0.3, 0.4) is 0 Å². The minimum Gasteiger partial charge on any atom is -0.491 e. The summed E-state index contributed by atoms with van der Waals surface area (Å²) in [6, 6.07) is 16.0. The monoisotopic (exact) mass is 547 g/mol. The number of rotatable bonds is 14. The van der Waals surface area contributed by atoms with E-state index in [2.05, 4.69) is 16.0 Å². The number of carbonyl (C=O) groups excluding carboxylic acids is 1. The number of carboxylic acid groups (broad SMARTS) is 1. The fourth-order valence-corrected chi connectivity index (χ4v) is 4.16. The first-order chi connectivity index (χ1) is 19.1. The van der Waals surface area contributed by atoms with E-state index in [0.717, 1.165) is 22.4 Å². The Morgan fingerprint density at radius 3 is 2.38 bits per heavy atom. The van der Waals surface area contributed by atoms with Crippen LogP contribution in [0.2, 0.25) is 0 Å². The Morgan fingerprint density at radius 2 is 1.75 bits per heavy atom. The van der Waals surface area contributed by atoms with Crippen molar-refractivity contribution in [2.75, 3.05) is 29.1 Å². The number of anilines is 3. The molecule has 10 nitrogen and oxygen atoms in total. The van der Waals surface area contributed by atoms with E-state index in [1.165, 1.54) is 0 Å². The summed E-state index contributed by atoms with van der Waals surface area (Å²) in [6.07, 6.45) is 0.0758. The molecule has 0 bridgehead atoms. The Morgan fingerprint density at radius 1 is 1.02 bits per heavy atom. The van der Waals surface area contributed by atoms with E-state index in [1.54, 1.807) is 30.3 Å². The summed E-state index contributed by atoms with van der Waals surface area (Å²) in [5, 5.41) is 35.6. The summed E-state index contributed by atoms with van der Waals surface area (Å²) in [6.45, 7) is 6.30. The van der Waals surface area contributed by atoms with Gasteiger partial charge in [0.1, 0.15) is 11.6 Å². The maximum atomic E-state index is 13.3. The molecule has 0 aliphatic carbocycles. The van der Waals surface area contributed by atoms with Gasteiger partial charge in [-0.25, -0.2) is 0 Å². The second-order valence-electron chi connectivity index (χ2n) is 9.67. The molecule has 40 heavy (non-hydrogen) atoms. The number of amides is 1. The van der Waals surface area contributed by atoms with Crippen LogP contribution in [-0.4, -0.2) is 47.2 Å². The number of ether oxygens (including phenoxy) is 1. The smallest absolute Gasteiger partial charge is 0.303 e. The number of nitrogens with one attached hydrogen (secondary N) is 4. The van der Waals surface area contributed by atoms with Gasteiger partial charge < -0.3 is 36.6 Å². The molecule has 0 heterocycles. The lowest BCUT2D eigenvalue weighted by Gasteiger charge is -2.21. The van der Waals surface area contributed by atoms with E-state index in [1.807, 2.05) is 45.0 Å². The van der Waals surface area contributed by atoms with Gasteiger partial charge in [-0.2, -0.15) is 0 Å². The molecule has 3 aromatic rings. The Kier molecular flexibility index (Phi) is 10.5. The first-order valence-corrected chi connectivity index (χ1v) is 13.1. The molecule has 0 aliphatic rings. The summed E-state index contributed by atoms with van der Waals surface area (Å²) in [7, 11) is 0. The van der Waals surface area contributed by atoms with Crippen molar-refractivity contribution in [1.82, 2.24) is 0 Å². The van der Waals surface area contributed by atoms with Gasteiger partial charge >= 0.3 is 5.97 Å². The van der Waals surface area contributed by atoms with E-state index in [0.29, 0.717) is 41.3 Å². The minimum absolute atomic E-state index is 0.0476. The Bertz CT molecular complexity index is 1360. The number of hydrogen-bond acceptors (Lipinski definition) is 7. The molecule has 212 valence electrons. The number of carbonyl (C=O) groups is 2. The van der Waals surface area contributed by atoms with Crippen LogP contribution < -0.4 is 26.4 Å². The van der Waals surface area contributed by atoms with Gasteiger partial charge in [0.25, 0.3) is 5.91 Å². The fraction of sp³-hybridized carbons (Fsp3) is 0.300. The predicted octanol–water partition coefficient (Wildman–Crippen LogP) is 4.35. The van der Waals surface area contributed by atoms with Gasteiger partial charge in [0.15, 0.2) is 0 Å². The normalized spacial score (nSPS) is 10.7. The molecule has 1 amide bonds. The maximum Gasteiger partial charge on any atom is 0.303 e. The first-order valence-electron chi connectivity index (χ1n) is 13.1. The van der Waals surface area contributed by atoms with Crippen molar-refractivity contribution in [1.29, 1.82) is 5.41 Å². The van der Waals surface area contributed by atoms with Crippen LogP contribution in [0.5, 0.6) is 5.75 Å². The van der Waals surface area contributed by atoms with Gasteiger partial charge in [0.2, 0.25) is 0 Å². The molecule has 0 spiro atoms. The molecule has 0 aromatic heterocycles. The largest absolute Gasteiger partial charge is 0.491 e. The highest BCUT2D eigenvalue weighted by atomic mass is 16.5. The van der Waals surface area contributed by atoms with Crippen LogP contribution >= 0.6 is 0 Å². The number of hydrogen-bond donors (Lipinski definition) is 7. The quantitative estimate of drug-likeness (QED) is 0.115. The lowest BCUT2D eigenvalue weighted by molar-refractivity contribution is -0.136. The van der Waals surface area contributed by atoms with Crippen LogP contribution in [0.1, 0.15) is 52.9 Å². The average Bonchev–Trinajstić information content (AvgIpc) is 2.90. The Labute approximate surface area is 234 Å². The Hall–Kier alpha value is -4.57. The van der Waals surface area contributed by atoms with E-state index < -0.39 is 5.97 Å². The highest BCUT2D eigenvalue weighted by Gasteiger charge is 2.17. The van der Waals surface area contributed by atoms with Crippen LogP contribution in [0, 0.1) is 12.3 Å². The number of carboxylic acids is 1. The second-order valence-corrected chi connectivity index (χ2v) is 9.67. The molecule has 0 fully saturated rings. The molecule has 0 atom stereocenters. The SMILES string of the molecule is Cc1ccc(NCc2cc(NCCO)cc(OC(C)C)c2CCC(=O)O)c(C(=O)Nc2ccc(C(=N)N)cc2)c1. The van der Waals surface area contributed by atoms with E-state index in [-0.39, 0.29) is 37.3 Å². The highest BCUT2D eigenvalue weighted by molar-refractivity contribution is 6.08. The van der Waals surface area contributed by atoms with Crippen molar-refractivity contribution in [2.24, 2.45) is 5.73 Å². The molecule has 0 radical (unpaired) electrons. The van der Waals surface area contributed by atoms with Gasteiger partial charge in [-0.1, -0.05) is 11.6 Å². The summed E-state index contributed by atoms with van der Waals surface area (Å²) >= 11 is 0. The zero-order valence-corrected chi connectivity index (χ0v) is 23.0. The summed E-state index contributed by atoms with van der Waals surface area (Å²) in [5.74, 6) is -0.698. The lowest BCUT2D eigenvalue weighted by Crippen LogP contribution is -2.17. The van der Waals surface area contributed by atoms with Crippen molar-refractivity contribution < 1.29 is 24.5 Å². The summed E-state index contributed by atoms with van der Waals surface area (Å²) < 4.78 is 6.05. The molecule has 3 aromatic carbocycles. The molecule has 10 heteroatoms. The third-order valence-electron chi connectivity index (χ3n) is 6.04. The zero-order chi connectivity index (χ0) is 29.2. The molecule has 8 N–H and O–H groups in total. The number of aliphatic hydroxyl groups is 1. The third-order valence-corrected chi connectivity index (χ3v) is 6.04. The van der Waals surface area contributed by atoms with Crippen LogP contribution in [-0.2, 0) is 17.8 Å². The van der Waals surface area contributed by atoms with Gasteiger partial charge in [0.05, 0.1) is 18.3 Å². The lowest BCUT2D eigenvalue weighted by atomic mass is 9.99. The van der Waals surface area contributed by atoms with Gasteiger partial charge in [-0.15, -0.1) is 0 Å². The summed E-state index contributed by atoms with van der Waals surface area (Å²) in [4.78, 5) is 24.7. The molecule has 0 saturated carbocycles. The van der Waals surface area contributed by atoms with E-state index in [9.17, 15) is 19.8 Å². The van der Waals surface area contributed by atoms with Gasteiger partial charge in [-0.05, 0) is 80.8 Å². The van der Waals surface area contributed by atoms with Crippen molar-refractivity contribution in [3.05, 3.63) is 82.4 Å². The molecular formula is C30H37N5O5. The first kappa shape index (κ1) is 30.0. The Balaban J connectivity index is 1.92. The van der Waals surface area contributed by atoms with E-state index in [4.69, 9.17) is 15.9 Å². The van der Waals surface area contributed by atoms with Crippen LogP contribution in [0.25, 0.3) is 0 Å². The standard InChI is InChI=1S/C30H37N5O5/c1-18(2)40-27-16-23(33-12-13-36)15-21(24(27)9-11-28(37)38)17-34-26-10-4-19(3)14-25(26)30(39)35-22-7-5-20(6-8-22)29(31)32/h4-8,10,14-16,18,33-34,36H,9,11-13,17H2,1-3H3,(H3,31,32)(H,35,39)(H,37,38). The van der Waals surface area contributed by atoms with Crippen LogP contribution in [0.4, 0.5) is 17.1 Å². The molecule has 3 rings (SSSR count). The van der Waals surface area contributed by atoms with Crippen molar-refractivity contribution >= 4 is 34.8 Å². The molecule has 0 aliphatic heterocycles. The fourth-order valence-electron chi connectivity index (χ4n) is 4.16. The zero-order valence-electron chi connectivity index (χ0n) is 23.0. The molecular weight excluding hydrogens is 510 g/mol. The number of benzene rings is 3. The predicted molar refractivity (Wildman–Crippen MR) is 158 cm³/mol. The number of nitrogens with two attached hydrogens (primary N) is 1. The van der Waals surface area contributed by atoms with Crippen molar-refractivity contribution in [3.8, 4) is 5.75 Å². The number of aryl methyl sites for hydroxylation is 1. The molecule has 0 saturated heterocycles. The number of aliphatic hydroxyl groups excluding tert-OH is 1. The van der Waals surface area contributed by atoms with Crippen molar-refractivity contribution in [2.45, 2.75) is 46.3 Å². The second kappa shape index (κ2) is 14.0. The van der Waals surface area contributed by atoms with Crippen LogP contribution in [0.15, 0.2) is 54.6 Å². The molecule has 0 unspecified atom stereocenters. The highest BCUT2D eigenvalue weighted by Crippen LogP contribution is 2.31. The minimum atomic E-state index is -0.911. The van der Waals surface area contributed by atoms with Crippen molar-refractivity contribution in [3.63, 3.8) is 0 Å².